The van der Waals surface area contributed by atoms with Gasteiger partial charge < -0.3 is 21.1 Å². The lowest BCUT2D eigenvalue weighted by Crippen LogP contribution is -2.05. The quantitative estimate of drug-likeness (QED) is 0.651. The standard InChI is InChI=1S/C16H15ClN6O/c1-24-12-5-3-11(4-6-12)22-15-14(18)16(21-9-20-15)23-13-7-2-10(17)8-19-13/h2-9H,18H2,1H3,(H2,19,20,21,22,23). The fourth-order valence-electron chi connectivity index (χ4n) is 1.98. The average molecular weight is 343 g/mol. The Morgan fingerprint density at radius 2 is 1.67 bits per heavy atom. The number of ether oxygens (including phenoxy) is 1. The third-order valence-electron chi connectivity index (χ3n) is 3.21. The number of methoxy groups -OCH3 is 1. The summed E-state index contributed by atoms with van der Waals surface area (Å²) in [6, 6.07) is 10.9. The summed E-state index contributed by atoms with van der Waals surface area (Å²) in [7, 11) is 1.62. The number of nitrogens with two attached hydrogens (primary N) is 1. The Kier molecular flexibility index (Phi) is 4.62. The lowest BCUT2D eigenvalue weighted by atomic mass is 10.3. The first-order chi connectivity index (χ1) is 11.7. The van der Waals surface area contributed by atoms with Crippen LogP contribution in [0.4, 0.5) is 28.8 Å². The molecule has 3 aromatic rings. The van der Waals surface area contributed by atoms with E-state index < -0.39 is 0 Å². The minimum atomic E-state index is 0.380. The van der Waals surface area contributed by atoms with E-state index >= 15 is 0 Å². The molecule has 0 aliphatic carbocycles. The van der Waals surface area contributed by atoms with Gasteiger partial charge in [-0.2, -0.15) is 0 Å². The maximum absolute atomic E-state index is 6.14. The highest BCUT2D eigenvalue weighted by Gasteiger charge is 2.09. The van der Waals surface area contributed by atoms with Gasteiger partial charge in [0.05, 0.1) is 12.1 Å². The second-order valence-corrected chi connectivity index (χ2v) is 5.26. The van der Waals surface area contributed by atoms with Crippen molar-refractivity contribution < 1.29 is 4.74 Å². The molecule has 0 fully saturated rings. The third-order valence-corrected chi connectivity index (χ3v) is 3.43. The zero-order chi connectivity index (χ0) is 16.9. The number of nitrogens with one attached hydrogen (secondary N) is 2. The van der Waals surface area contributed by atoms with E-state index in [1.165, 1.54) is 12.5 Å². The molecule has 0 amide bonds. The molecule has 122 valence electrons. The van der Waals surface area contributed by atoms with Crippen LogP contribution in [0.25, 0.3) is 0 Å². The lowest BCUT2D eigenvalue weighted by Gasteiger charge is -2.12. The molecule has 0 saturated carbocycles. The molecule has 4 N–H and O–H groups in total. The highest BCUT2D eigenvalue weighted by Crippen LogP contribution is 2.28. The molecule has 0 spiro atoms. The van der Waals surface area contributed by atoms with Crippen molar-refractivity contribution in [1.29, 1.82) is 0 Å². The SMILES string of the molecule is COc1ccc(Nc2ncnc(Nc3ccc(Cl)cn3)c2N)cc1. The summed E-state index contributed by atoms with van der Waals surface area (Å²) < 4.78 is 5.13. The fourth-order valence-corrected chi connectivity index (χ4v) is 2.09. The predicted molar refractivity (Wildman–Crippen MR) is 95.3 cm³/mol. The van der Waals surface area contributed by atoms with Gasteiger partial charge in [-0.25, -0.2) is 15.0 Å². The molecule has 0 unspecified atom stereocenters. The van der Waals surface area contributed by atoms with Gasteiger partial charge in [-0.05, 0) is 36.4 Å². The van der Waals surface area contributed by atoms with Crippen molar-refractivity contribution in [1.82, 2.24) is 15.0 Å². The van der Waals surface area contributed by atoms with Crippen LogP contribution in [-0.4, -0.2) is 22.1 Å². The molecule has 24 heavy (non-hydrogen) atoms. The molecule has 0 aliphatic rings. The molecule has 3 rings (SSSR count). The van der Waals surface area contributed by atoms with Crippen molar-refractivity contribution in [3.63, 3.8) is 0 Å². The Morgan fingerprint density at radius 1 is 0.958 bits per heavy atom. The highest BCUT2D eigenvalue weighted by atomic mass is 35.5. The fraction of sp³-hybridized carbons (Fsp3) is 0.0625. The number of anilines is 5. The molecule has 0 aliphatic heterocycles. The first-order valence-electron chi connectivity index (χ1n) is 7.06. The van der Waals surface area contributed by atoms with E-state index in [4.69, 9.17) is 22.1 Å². The summed E-state index contributed by atoms with van der Waals surface area (Å²) >= 11 is 5.82. The molecule has 2 aromatic heterocycles. The average Bonchev–Trinajstić information content (AvgIpc) is 2.61. The number of rotatable bonds is 5. The molecule has 2 heterocycles. The molecule has 7 nitrogen and oxygen atoms in total. The Bertz CT molecular complexity index is 823. The Hall–Kier alpha value is -3.06. The summed E-state index contributed by atoms with van der Waals surface area (Å²) in [5.74, 6) is 2.30. The zero-order valence-corrected chi connectivity index (χ0v) is 13.6. The summed E-state index contributed by atoms with van der Waals surface area (Å²) in [5, 5.41) is 6.74. The van der Waals surface area contributed by atoms with Crippen LogP contribution < -0.4 is 21.1 Å². The second-order valence-electron chi connectivity index (χ2n) is 4.82. The van der Waals surface area contributed by atoms with E-state index in [1.54, 1.807) is 19.2 Å². The van der Waals surface area contributed by atoms with Gasteiger partial charge in [0.1, 0.15) is 23.6 Å². The summed E-state index contributed by atoms with van der Waals surface area (Å²) in [4.78, 5) is 12.5. The molecule has 0 saturated heterocycles. The van der Waals surface area contributed by atoms with Crippen molar-refractivity contribution in [2.45, 2.75) is 0 Å². The van der Waals surface area contributed by atoms with E-state index in [2.05, 4.69) is 25.6 Å². The van der Waals surface area contributed by atoms with Gasteiger partial charge in [-0.15, -0.1) is 0 Å². The van der Waals surface area contributed by atoms with Crippen molar-refractivity contribution in [3.8, 4) is 5.75 Å². The Balaban J connectivity index is 1.80. The summed E-state index contributed by atoms with van der Waals surface area (Å²) in [6.45, 7) is 0. The van der Waals surface area contributed by atoms with Crippen LogP contribution in [0.1, 0.15) is 0 Å². The lowest BCUT2D eigenvalue weighted by molar-refractivity contribution is 0.415. The minimum absolute atomic E-state index is 0.380. The highest BCUT2D eigenvalue weighted by molar-refractivity contribution is 6.30. The summed E-state index contributed by atoms with van der Waals surface area (Å²) in [5.41, 5.74) is 7.35. The van der Waals surface area contributed by atoms with Gasteiger partial charge in [0.2, 0.25) is 0 Å². The normalized spacial score (nSPS) is 10.2. The Labute approximate surface area is 143 Å². The molecule has 0 bridgehead atoms. The van der Waals surface area contributed by atoms with E-state index in [1.807, 2.05) is 24.3 Å². The van der Waals surface area contributed by atoms with Crippen LogP contribution in [0.2, 0.25) is 5.02 Å². The van der Waals surface area contributed by atoms with E-state index in [-0.39, 0.29) is 0 Å². The van der Waals surface area contributed by atoms with Crippen LogP contribution >= 0.6 is 11.6 Å². The monoisotopic (exact) mass is 342 g/mol. The van der Waals surface area contributed by atoms with Crippen molar-refractivity contribution in [2.24, 2.45) is 0 Å². The number of nitrogens with zero attached hydrogens (tertiary/aromatic N) is 3. The molecule has 0 atom stereocenters. The van der Waals surface area contributed by atoms with Gasteiger partial charge in [-0.1, -0.05) is 11.6 Å². The van der Waals surface area contributed by atoms with Crippen LogP contribution in [0.15, 0.2) is 48.9 Å². The number of nitrogen functional groups attached to an aromatic ring is 1. The first-order valence-corrected chi connectivity index (χ1v) is 7.43. The van der Waals surface area contributed by atoms with Gasteiger partial charge in [0.25, 0.3) is 0 Å². The molecule has 0 radical (unpaired) electrons. The first kappa shape index (κ1) is 15.8. The van der Waals surface area contributed by atoms with Gasteiger partial charge in [-0.3, -0.25) is 0 Å². The number of hydrogen-bond donors (Lipinski definition) is 3. The number of aromatic nitrogens is 3. The van der Waals surface area contributed by atoms with E-state index in [9.17, 15) is 0 Å². The van der Waals surface area contributed by atoms with E-state index in [0.29, 0.717) is 28.2 Å². The molecule has 1 aromatic carbocycles. The van der Waals surface area contributed by atoms with Crippen molar-refractivity contribution in [2.75, 3.05) is 23.5 Å². The van der Waals surface area contributed by atoms with Crippen LogP contribution in [-0.2, 0) is 0 Å². The van der Waals surface area contributed by atoms with Crippen LogP contribution in [0.5, 0.6) is 5.75 Å². The van der Waals surface area contributed by atoms with Crippen molar-refractivity contribution >= 4 is 40.4 Å². The van der Waals surface area contributed by atoms with Crippen LogP contribution in [0, 0.1) is 0 Å². The summed E-state index contributed by atoms with van der Waals surface area (Å²) in [6.07, 6.45) is 2.96. The van der Waals surface area contributed by atoms with Gasteiger partial charge in [0, 0.05) is 11.9 Å². The number of pyridine rings is 1. The van der Waals surface area contributed by atoms with Crippen LogP contribution in [0.3, 0.4) is 0 Å². The minimum Gasteiger partial charge on any atom is -0.497 e. The molecular formula is C16H15ClN6O. The van der Waals surface area contributed by atoms with E-state index in [0.717, 1.165) is 11.4 Å². The smallest absolute Gasteiger partial charge is 0.160 e. The molecular weight excluding hydrogens is 328 g/mol. The maximum Gasteiger partial charge on any atom is 0.160 e. The van der Waals surface area contributed by atoms with Crippen molar-refractivity contribution in [3.05, 3.63) is 53.9 Å². The predicted octanol–water partition coefficient (Wildman–Crippen LogP) is 3.60. The van der Waals surface area contributed by atoms with Gasteiger partial charge in [0.15, 0.2) is 11.6 Å². The number of benzene rings is 1. The maximum atomic E-state index is 6.14. The molecule has 8 heteroatoms. The van der Waals surface area contributed by atoms with Gasteiger partial charge >= 0.3 is 0 Å². The second kappa shape index (κ2) is 7.01. The zero-order valence-electron chi connectivity index (χ0n) is 12.8. The largest absolute Gasteiger partial charge is 0.497 e. The topological polar surface area (TPSA) is 98.0 Å². The number of halogens is 1. The third kappa shape index (κ3) is 3.64. The Morgan fingerprint density at radius 3 is 2.29 bits per heavy atom. The number of hydrogen-bond acceptors (Lipinski definition) is 7.